The van der Waals surface area contributed by atoms with Crippen molar-refractivity contribution >= 4 is 17.5 Å². The molecule has 0 unspecified atom stereocenters. The van der Waals surface area contributed by atoms with Gasteiger partial charge in [0.25, 0.3) is 0 Å². The lowest BCUT2D eigenvalue weighted by Gasteiger charge is -2.09. The molecule has 1 aromatic heterocycles. The predicted molar refractivity (Wildman–Crippen MR) is 86.9 cm³/mol. The van der Waals surface area contributed by atoms with Crippen LogP contribution in [-0.4, -0.2) is 48.2 Å². The fourth-order valence-electron chi connectivity index (χ4n) is 1.89. The number of anilines is 1. The molecule has 1 N–H and O–H groups in total. The quantitative estimate of drug-likeness (QED) is 0.330. The van der Waals surface area contributed by atoms with Crippen LogP contribution < -0.4 is 10.1 Å². The molecular formula is C15H16N4O6. The summed E-state index contributed by atoms with van der Waals surface area (Å²) in [6, 6.07) is 5.92. The van der Waals surface area contributed by atoms with Crippen molar-refractivity contribution < 1.29 is 23.9 Å². The molecule has 25 heavy (non-hydrogen) atoms. The van der Waals surface area contributed by atoms with E-state index in [1.165, 1.54) is 38.5 Å². The van der Waals surface area contributed by atoms with Gasteiger partial charge in [0.05, 0.1) is 24.2 Å². The average molecular weight is 348 g/mol. The highest BCUT2D eigenvalue weighted by molar-refractivity contribution is 5.89. The van der Waals surface area contributed by atoms with Crippen LogP contribution in [0.1, 0.15) is 10.4 Å². The number of carbonyl (C=O) groups is 1. The monoisotopic (exact) mass is 348 g/mol. The lowest BCUT2D eigenvalue weighted by atomic mass is 10.2. The van der Waals surface area contributed by atoms with Gasteiger partial charge in [0.1, 0.15) is 12.1 Å². The Morgan fingerprint density at radius 1 is 1.24 bits per heavy atom. The van der Waals surface area contributed by atoms with Gasteiger partial charge >= 0.3 is 17.5 Å². The number of nitro groups is 1. The normalized spacial score (nSPS) is 10.2. The Morgan fingerprint density at radius 3 is 2.56 bits per heavy atom. The molecule has 0 saturated carbocycles. The second-order valence-electron chi connectivity index (χ2n) is 4.67. The molecule has 1 aromatic carbocycles. The van der Waals surface area contributed by atoms with Gasteiger partial charge in [-0.2, -0.15) is 4.98 Å². The lowest BCUT2D eigenvalue weighted by molar-refractivity contribution is -0.385. The molecular weight excluding hydrogens is 332 g/mol. The fraction of sp³-hybridized carbons (Fsp3) is 0.267. The van der Waals surface area contributed by atoms with Gasteiger partial charge in [0, 0.05) is 13.7 Å². The van der Waals surface area contributed by atoms with Gasteiger partial charge in [-0.1, -0.05) is 0 Å². The number of carbonyl (C=O) groups excluding carboxylic acids is 1. The van der Waals surface area contributed by atoms with Gasteiger partial charge in [-0.25, -0.2) is 9.78 Å². The summed E-state index contributed by atoms with van der Waals surface area (Å²) in [7, 11) is 2.79. The van der Waals surface area contributed by atoms with Gasteiger partial charge in [-0.05, 0) is 24.3 Å². The zero-order valence-electron chi connectivity index (χ0n) is 13.6. The highest BCUT2D eigenvalue weighted by Crippen LogP contribution is 2.33. The average Bonchev–Trinajstić information content (AvgIpc) is 2.62. The predicted octanol–water partition coefficient (Wildman–Crippen LogP) is 2.02. The molecule has 0 radical (unpaired) electrons. The Labute approximate surface area is 142 Å². The number of benzene rings is 1. The molecule has 10 heteroatoms. The first-order valence-electron chi connectivity index (χ1n) is 7.15. The molecule has 2 rings (SSSR count). The van der Waals surface area contributed by atoms with Crippen molar-refractivity contribution in [3.05, 3.63) is 46.3 Å². The van der Waals surface area contributed by atoms with Crippen LogP contribution >= 0.6 is 0 Å². The fourth-order valence-corrected chi connectivity index (χ4v) is 1.89. The third kappa shape index (κ3) is 4.61. The number of rotatable bonds is 8. The summed E-state index contributed by atoms with van der Waals surface area (Å²) in [6.45, 7) is 0.688. The van der Waals surface area contributed by atoms with E-state index in [-0.39, 0.29) is 17.4 Å². The van der Waals surface area contributed by atoms with E-state index in [2.05, 4.69) is 20.0 Å². The van der Waals surface area contributed by atoms with Crippen LogP contribution in [0.3, 0.4) is 0 Å². The highest BCUT2D eigenvalue weighted by atomic mass is 16.6. The summed E-state index contributed by atoms with van der Waals surface area (Å²) >= 11 is 0. The summed E-state index contributed by atoms with van der Waals surface area (Å²) in [5.74, 6) is -0.412. The van der Waals surface area contributed by atoms with Crippen LogP contribution in [0, 0.1) is 10.1 Å². The van der Waals surface area contributed by atoms with E-state index in [4.69, 9.17) is 9.47 Å². The molecule has 2 aromatic rings. The molecule has 0 aliphatic rings. The molecule has 0 amide bonds. The lowest BCUT2D eigenvalue weighted by Crippen LogP contribution is -2.11. The Balaban J connectivity index is 2.24. The zero-order valence-corrected chi connectivity index (χ0v) is 13.6. The van der Waals surface area contributed by atoms with Crippen molar-refractivity contribution in [1.29, 1.82) is 0 Å². The van der Waals surface area contributed by atoms with Crippen molar-refractivity contribution in [3.63, 3.8) is 0 Å². The number of ether oxygens (including phenoxy) is 3. The molecule has 1 heterocycles. The summed E-state index contributed by atoms with van der Waals surface area (Å²) in [4.78, 5) is 29.8. The molecule has 132 valence electrons. The highest BCUT2D eigenvalue weighted by Gasteiger charge is 2.25. The minimum absolute atomic E-state index is 0.0261. The van der Waals surface area contributed by atoms with Crippen LogP contribution in [0.5, 0.6) is 11.6 Å². The molecule has 0 aliphatic heterocycles. The zero-order chi connectivity index (χ0) is 18.2. The van der Waals surface area contributed by atoms with Gasteiger partial charge < -0.3 is 19.5 Å². The number of esters is 1. The first-order chi connectivity index (χ1) is 12.1. The molecule has 0 atom stereocenters. The van der Waals surface area contributed by atoms with E-state index >= 15 is 0 Å². The Morgan fingerprint density at radius 2 is 1.96 bits per heavy atom. The second kappa shape index (κ2) is 8.55. The van der Waals surface area contributed by atoms with E-state index in [0.717, 1.165) is 6.33 Å². The minimum atomic E-state index is -0.632. The number of hydrogen-bond donors (Lipinski definition) is 1. The Kier molecular flexibility index (Phi) is 6.18. The van der Waals surface area contributed by atoms with Crippen LogP contribution in [0.15, 0.2) is 30.6 Å². The first kappa shape index (κ1) is 18.1. The van der Waals surface area contributed by atoms with E-state index < -0.39 is 16.6 Å². The number of hydrogen-bond acceptors (Lipinski definition) is 9. The second-order valence-corrected chi connectivity index (χ2v) is 4.67. The van der Waals surface area contributed by atoms with Crippen molar-refractivity contribution in [1.82, 2.24) is 9.97 Å². The van der Waals surface area contributed by atoms with E-state index in [0.29, 0.717) is 18.7 Å². The molecule has 0 spiro atoms. The largest absolute Gasteiger partial charge is 0.465 e. The van der Waals surface area contributed by atoms with Crippen molar-refractivity contribution in [2.45, 2.75) is 0 Å². The van der Waals surface area contributed by atoms with Gasteiger partial charge in [0.15, 0.2) is 0 Å². The summed E-state index contributed by atoms with van der Waals surface area (Å²) in [6.07, 6.45) is 1.15. The molecule has 0 bridgehead atoms. The maximum absolute atomic E-state index is 11.4. The van der Waals surface area contributed by atoms with Crippen molar-refractivity contribution in [2.24, 2.45) is 0 Å². The molecule has 10 nitrogen and oxygen atoms in total. The van der Waals surface area contributed by atoms with Crippen LogP contribution in [-0.2, 0) is 9.47 Å². The summed E-state index contributed by atoms with van der Waals surface area (Å²) in [5.41, 5.74) is -0.0652. The first-order valence-corrected chi connectivity index (χ1v) is 7.15. The molecule has 0 fully saturated rings. The Bertz CT molecular complexity index is 750. The number of methoxy groups -OCH3 is 2. The van der Waals surface area contributed by atoms with Gasteiger partial charge in [-0.15, -0.1) is 0 Å². The molecule has 0 aliphatic carbocycles. The smallest absolute Gasteiger partial charge is 0.373 e. The number of aromatic nitrogens is 2. The third-order valence-corrected chi connectivity index (χ3v) is 3.06. The van der Waals surface area contributed by atoms with Crippen LogP contribution in [0.2, 0.25) is 0 Å². The third-order valence-electron chi connectivity index (χ3n) is 3.06. The van der Waals surface area contributed by atoms with E-state index in [1.807, 2.05) is 0 Å². The maximum Gasteiger partial charge on any atom is 0.373 e. The topological polar surface area (TPSA) is 126 Å². The minimum Gasteiger partial charge on any atom is -0.465 e. The summed E-state index contributed by atoms with van der Waals surface area (Å²) in [5, 5.41) is 14.2. The van der Waals surface area contributed by atoms with Crippen molar-refractivity contribution in [3.8, 4) is 11.6 Å². The van der Waals surface area contributed by atoms with Crippen LogP contribution in [0.4, 0.5) is 11.5 Å². The summed E-state index contributed by atoms with van der Waals surface area (Å²) < 4.78 is 15.0. The SMILES string of the molecule is COCCNc1ncnc(Oc2ccc(C(=O)OC)cc2)c1[N+](=O)[O-]. The standard InChI is InChI=1S/C15H16N4O6/c1-23-8-7-16-13-12(19(21)22)14(18-9-17-13)25-11-5-3-10(4-6-11)15(20)24-2/h3-6,9H,7-8H2,1-2H3,(H,16,17,18). The van der Waals surface area contributed by atoms with Gasteiger partial charge in [0.2, 0.25) is 5.82 Å². The Hall–Kier alpha value is -3.27. The van der Waals surface area contributed by atoms with Gasteiger partial charge in [-0.3, -0.25) is 10.1 Å². The van der Waals surface area contributed by atoms with E-state index in [1.54, 1.807) is 0 Å². The maximum atomic E-state index is 11.4. The number of nitrogens with zero attached hydrogens (tertiary/aromatic N) is 3. The number of nitrogens with one attached hydrogen (secondary N) is 1. The van der Waals surface area contributed by atoms with Crippen LogP contribution in [0.25, 0.3) is 0 Å². The molecule has 0 saturated heterocycles. The van der Waals surface area contributed by atoms with E-state index in [9.17, 15) is 14.9 Å². The van der Waals surface area contributed by atoms with Crippen molar-refractivity contribution in [2.75, 3.05) is 32.7 Å².